The van der Waals surface area contributed by atoms with Gasteiger partial charge in [-0.1, -0.05) is 42.0 Å². The predicted molar refractivity (Wildman–Crippen MR) is 155 cm³/mol. The van der Waals surface area contributed by atoms with Crippen molar-refractivity contribution in [2.75, 3.05) is 11.9 Å². The maximum atomic E-state index is 14.1. The van der Waals surface area contributed by atoms with Gasteiger partial charge in [-0.15, -0.1) is 11.3 Å². The van der Waals surface area contributed by atoms with Gasteiger partial charge in [-0.2, -0.15) is 0 Å². The monoisotopic (exact) mass is 539 g/mol. The number of ether oxygens (including phenoxy) is 1. The summed E-state index contributed by atoms with van der Waals surface area (Å²) >= 11 is 1.89. The highest BCUT2D eigenvalue weighted by atomic mass is 32.1. The molecule has 6 nitrogen and oxygen atoms in total. The summed E-state index contributed by atoms with van der Waals surface area (Å²) in [5, 5.41) is 4.40. The molecule has 1 N–H and O–H groups in total. The molecule has 7 heteroatoms. The summed E-state index contributed by atoms with van der Waals surface area (Å²) in [5.41, 5.74) is 7.64. The molecule has 6 rings (SSSR count). The first kappa shape index (κ1) is 25.4. The number of anilines is 1. The Labute approximate surface area is 233 Å². The van der Waals surface area contributed by atoms with Crippen LogP contribution in [0.3, 0.4) is 0 Å². The molecule has 4 aromatic rings. The van der Waals surface area contributed by atoms with Gasteiger partial charge in [-0.05, 0) is 80.5 Å². The number of hydrogen-bond acceptors (Lipinski definition) is 4. The van der Waals surface area contributed by atoms with Crippen molar-refractivity contribution in [1.29, 1.82) is 0 Å². The summed E-state index contributed by atoms with van der Waals surface area (Å²) in [6.45, 7) is 4.80. The average Bonchev–Trinajstić information content (AvgIpc) is 3.52. The number of nitrogens with one attached hydrogen (secondary N) is 1. The number of rotatable bonds is 5. The van der Waals surface area contributed by atoms with Gasteiger partial charge in [0.1, 0.15) is 5.00 Å². The van der Waals surface area contributed by atoms with Gasteiger partial charge < -0.3 is 19.5 Å². The van der Waals surface area contributed by atoms with Crippen LogP contribution in [0.1, 0.15) is 64.2 Å². The smallest absolute Gasteiger partial charge is 0.322 e. The van der Waals surface area contributed by atoms with Crippen molar-refractivity contribution in [3.63, 3.8) is 0 Å². The van der Waals surface area contributed by atoms with Crippen molar-refractivity contribution >= 4 is 29.0 Å². The van der Waals surface area contributed by atoms with Crippen LogP contribution in [-0.2, 0) is 35.3 Å². The van der Waals surface area contributed by atoms with Gasteiger partial charge in [0.25, 0.3) is 0 Å². The molecule has 0 saturated heterocycles. The van der Waals surface area contributed by atoms with Crippen molar-refractivity contribution in [1.82, 2.24) is 9.47 Å². The van der Waals surface area contributed by atoms with Crippen LogP contribution >= 0.6 is 11.3 Å². The highest BCUT2D eigenvalue weighted by Crippen LogP contribution is 2.44. The van der Waals surface area contributed by atoms with Crippen LogP contribution in [0.2, 0.25) is 0 Å². The Morgan fingerprint density at radius 1 is 1.00 bits per heavy atom. The van der Waals surface area contributed by atoms with Crippen LogP contribution in [0, 0.1) is 6.92 Å². The highest BCUT2D eigenvalue weighted by Gasteiger charge is 2.36. The summed E-state index contributed by atoms with van der Waals surface area (Å²) in [4.78, 5) is 29.4. The van der Waals surface area contributed by atoms with Crippen molar-refractivity contribution in [2.24, 2.45) is 0 Å². The van der Waals surface area contributed by atoms with Gasteiger partial charge in [0, 0.05) is 22.3 Å². The van der Waals surface area contributed by atoms with Crippen molar-refractivity contribution < 1.29 is 14.3 Å². The summed E-state index contributed by atoms with van der Waals surface area (Å²) in [6, 6.07) is 19.8. The molecule has 39 heavy (non-hydrogen) atoms. The third kappa shape index (κ3) is 4.99. The molecule has 1 aliphatic carbocycles. The summed E-state index contributed by atoms with van der Waals surface area (Å²) in [7, 11) is 0. The molecule has 1 aliphatic heterocycles. The Hall–Kier alpha value is -3.84. The number of benzene rings is 2. The molecule has 2 aliphatic rings. The molecule has 0 spiro atoms. The number of hydrogen-bond donors (Lipinski definition) is 1. The standard InChI is InChI=1S/C32H33N3O3S/c1-3-38-29(36)19-22-12-16-24(17-13-22)33-32(37)35-20-26-25-7-4-5-9-28(25)39-31(26)34-18-6-8-27(34)30(35)23-14-10-21(2)11-15-23/h6,8,10-18,30H,3-5,7,9,19-20H2,1-2H3,(H,33,37)/t30-/m1/s1. The Balaban J connectivity index is 1.36. The van der Waals surface area contributed by atoms with Crippen molar-refractivity contribution in [2.45, 2.75) is 58.5 Å². The third-order valence-corrected chi connectivity index (χ3v) is 9.03. The second-order valence-electron chi connectivity index (χ2n) is 10.3. The maximum Gasteiger partial charge on any atom is 0.322 e. The number of fused-ring (bicyclic) bond motifs is 5. The third-order valence-electron chi connectivity index (χ3n) is 7.69. The lowest BCUT2D eigenvalue weighted by molar-refractivity contribution is -0.142. The zero-order valence-electron chi connectivity index (χ0n) is 22.4. The minimum absolute atomic E-state index is 0.143. The fourth-order valence-electron chi connectivity index (χ4n) is 5.77. The van der Waals surface area contributed by atoms with Crippen molar-refractivity contribution in [3.8, 4) is 5.00 Å². The quantitative estimate of drug-likeness (QED) is 0.279. The van der Waals surface area contributed by atoms with E-state index >= 15 is 0 Å². The molecule has 0 unspecified atom stereocenters. The molecule has 3 heterocycles. The second kappa shape index (κ2) is 10.7. The zero-order chi connectivity index (χ0) is 26.9. The predicted octanol–water partition coefficient (Wildman–Crippen LogP) is 6.97. The first-order chi connectivity index (χ1) is 19.0. The van der Waals surface area contributed by atoms with Crippen LogP contribution in [-0.4, -0.2) is 28.1 Å². The Morgan fingerprint density at radius 3 is 2.54 bits per heavy atom. The number of aromatic nitrogens is 1. The molecule has 1 atom stereocenters. The van der Waals surface area contributed by atoms with E-state index in [1.165, 1.54) is 39.4 Å². The highest BCUT2D eigenvalue weighted by molar-refractivity contribution is 7.15. The van der Waals surface area contributed by atoms with E-state index in [1.54, 1.807) is 6.92 Å². The van der Waals surface area contributed by atoms with E-state index in [0.29, 0.717) is 18.8 Å². The fraction of sp³-hybridized carbons (Fsp3) is 0.312. The topological polar surface area (TPSA) is 63.6 Å². The van der Waals surface area contributed by atoms with E-state index in [2.05, 4.69) is 59.4 Å². The average molecular weight is 540 g/mol. The molecular formula is C32H33N3O3S. The van der Waals surface area contributed by atoms with Gasteiger partial charge >= 0.3 is 12.0 Å². The van der Waals surface area contributed by atoms with Crippen LogP contribution in [0.5, 0.6) is 0 Å². The molecule has 0 radical (unpaired) electrons. The fourth-order valence-corrected chi connectivity index (χ4v) is 7.17. The number of carbonyl (C=O) groups is 2. The van der Waals surface area contributed by atoms with E-state index in [4.69, 9.17) is 4.74 Å². The minimum atomic E-state index is -0.252. The summed E-state index contributed by atoms with van der Waals surface area (Å²) in [6.07, 6.45) is 6.97. The van der Waals surface area contributed by atoms with Gasteiger partial charge in [0.15, 0.2) is 0 Å². The summed E-state index contributed by atoms with van der Waals surface area (Å²) in [5.74, 6) is -0.252. The molecule has 0 bridgehead atoms. The Kier molecular flexibility index (Phi) is 7.00. The van der Waals surface area contributed by atoms with Crippen LogP contribution < -0.4 is 5.32 Å². The lowest BCUT2D eigenvalue weighted by Gasteiger charge is -2.31. The number of thiophene rings is 1. The van der Waals surface area contributed by atoms with E-state index in [1.807, 2.05) is 40.5 Å². The number of nitrogens with zero attached hydrogens (tertiary/aromatic N) is 2. The van der Waals surface area contributed by atoms with Crippen LogP contribution in [0.15, 0.2) is 66.9 Å². The minimum Gasteiger partial charge on any atom is -0.466 e. The number of aryl methyl sites for hydroxylation is 2. The molecule has 0 saturated carbocycles. The first-order valence-corrected chi connectivity index (χ1v) is 14.5. The van der Waals surface area contributed by atoms with E-state index < -0.39 is 0 Å². The number of carbonyl (C=O) groups excluding carboxylic acids is 2. The van der Waals surface area contributed by atoms with E-state index in [-0.39, 0.29) is 24.5 Å². The largest absolute Gasteiger partial charge is 0.466 e. The molecule has 2 aromatic carbocycles. The SMILES string of the molecule is CCOC(=O)Cc1ccc(NC(=O)N2Cc3c(sc4c3CCCC4)-n3cccc3[C@H]2c2ccc(C)cc2)cc1. The Bertz CT molecular complexity index is 1500. The van der Waals surface area contributed by atoms with Gasteiger partial charge in [-0.25, -0.2) is 4.79 Å². The number of urea groups is 1. The molecule has 0 fully saturated rings. The lowest BCUT2D eigenvalue weighted by atomic mass is 9.95. The van der Waals surface area contributed by atoms with Gasteiger partial charge in [-0.3, -0.25) is 4.79 Å². The molecule has 2 amide bonds. The summed E-state index contributed by atoms with van der Waals surface area (Å²) < 4.78 is 7.37. The first-order valence-electron chi connectivity index (χ1n) is 13.7. The van der Waals surface area contributed by atoms with E-state index in [0.717, 1.165) is 29.7 Å². The zero-order valence-corrected chi connectivity index (χ0v) is 23.2. The van der Waals surface area contributed by atoms with Gasteiger partial charge in [0.2, 0.25) is 0 Å². The second-order valence-corrected chi connectivity index (χ2v) is 11.4. The molecule has 200 valence electrons. The number of esters is 1. The van der Waals surface area contributed by atoms with E-state index in [9.17, 15) is 9.59 Å². The Morgan fingerprint density at radius 2 is 1.77 bits per heavy atom. The molecule has 2 aromatic heterocycles. The van der Waals surface area contributed by atoms with Crippen LogP contribution in [0.4, 0.5) is 10.5 Å². The number of amides is 2. The molecular weight excluding hydrogens is 506 g/mol. The maximum absolute atomic E-state index is 14.1. The normalized spacial score (nSPS) is 16.1. The van der Waals surface area contributed by atoms with Gasteiger partial charge in [0.05, 0.1) is 31.3 Å². The van der Waals surface area contributed by atoms with Crippen LogP contribution in [0.25, 0.3) is 5.00 Å². The lowest BCUT2D eigenvalue weighted by Crippen LogP contribution is -2.38. The van der Waals surface area contributed by atoms with Crippen molar-refractivity contribution in [3.05, 3.63) is 105 Å².